The number of nitrogens with one attached hydrogen (secondary N) is 1. The average Bonchev–Trinajstić information content (AvgIpc) is 2.65. The van der Waals surface area contributed by atoms with Crippen molar-refractivity contribution in [2.45, 2.75) is 19.8 Å². The fourth-order valence-electron chi connectivity index (χ4n) is 2.28. The molecule has 1 amide bonds. The Labute approximate surface area is 148 Å². The Morgan fingerprint density at radius 1 is 1.20 bits per heavy atom. The molecule has 1 aromatic carbocycles. The number of unbranched alkanes of at least 4 members (excludes halogenated alkanes) is 1. The molecule has 0 saturated heterocycles. The highest BCUT2D eigenvalue weighted by molar-refractivity contribution is 5.92. The molecule has 1 N–H and O–H groups in total. The van der Waals surface area contributed by atoms with Gasteiger partial charge in [0.1, 0.15) is 29.3 Å². The molecule has 0 fully saturated rings. The van der Waals surface area contributed by atoms with Gasteiger partial charge in [0.2, 0.25) is 0 Å². The summed E-state index contributed by atoms with van der Waals surface area (Å²) in [5.41, 5.74) is 1.04. The number of amides is 1. The largest absolute Gasteiger partial charge is 0.497 e. The molecule has 134 valence electrons. The number of nitrogens with zero attached hydrogens (tertiary/aromatic N) is 3. The van der Waals surface area contributed by atoms with Gasteiger partial charge in [0, 0.05) is 25.7 Å². The predicted molar refractivity (Wildman–Crippen MR) is 96.7 cm³/mol. The lowest BCUT2D eigenvalue weighted by molar-refractivity contribution is 0.0787. The van der Waals surface area contributed by atoms with Gasteiger partial charge in [-0.05, 0) is 18.6 Å². The van der Waals surface area contributed by atoms with Crippen LogP contribution >= 0.6 is 0 Å². The molecule has 1 heterocycles. The number of methoxy groups -OCH3 is 2. The second kappa shape index (κ2) is 8.86. The van der Waals surface area contributed by atoms with E-state index in [1.807, 2.05) is 6.07 Å². The van der Waals surface area contributed by atoms with E-state index >= 15 is 0 Å². The molecule has 0 aliphatic carbocycles. The number of rotatable bonds is 8. The van der Waals surface area contributed by atoms with Crippen molar-refractivity contribution >= 4 is 17.4 Å². The standard InChI is InChI=1S/C18H24N4O3/c1-5-6-9-22(2)18(23)15-11-17(20-12-19-15)21-14-10-13(24-3)7-8-16(14)25-4/h7-8,10-12H,5-6,9H2,1-4H3,(H,19,20,21). The van der Waals surface area contributed by atoms with E-state index in [9.17, 15) is 4.79 Å². The normalized spacial score (nSPS) is 10.2. The van der Waals surface area contributed by atoms with E-state index in [0.717, 1.165) is 12.8 Å². The van der Waals surface area contributed by atoms with Crippen molar-refractivity contribution < 1.29 is 14.3 Å². The van der Waals surface area contributed by atoms with E-state index in [1.54, 1.807) is 44.4 Å². The summed E-state index contributed by atoms with van der Waals surface area (Å²) in [5, 5.41) is 3.15. The minimum absolute atomic E-state index is 0.128. The van der Waals surface area contributed by atoms with E-state index in [4.69, 9.17) is 9.47 Å². The maximum atomic E-state index is 12.4. The van der Waals surface area contributed by atoms with Crippen LogP contribution in [0.1, 0.15) is 30.3 Å². The number of carbonyl (C=O) groups is 1. The molecule has 7 nitrogen and oxygen atoms in total. The number of hydrogen-bond acceptors (Lipinski definition) is 6. The molecule has 2 aromatic rings. The number of hydrogen-bond donors (Lipinski definition) is 1. The van der Waals surface area contributed by atoms with Crippen molar-refractivity contribution in [1.82, 2.24) is 14.9 Å². The van der Waals surface area contributed by atoms with Gasteiger partial charge in [0.15, 0.2) is 0 Å². The zero-order valence-electron chi connectivity index (χ0n) is 15.1. The molecule has 7 heteroatoms. The zero-order valence-corrected chi connectivity index (χ0v) is 15.1. The molecule has 0 bridgehead atoms. The zero-order chi connectivity index (χ0) is 18.2. The maximum absolute atomic E-state index is 12.4. The van der Waals surface area contributed by atoms with Crippen molar-refractivity contribution in [2.75, 3.05) is 33.1 Å². The lowest BCUT2D eigenvalue weighted by atomic mass is 10.2. The Bertz CT molecular complexity index is 721. The van der Waals surface area contributed by atoms with Crippen LogP contribution in [-0.2, 0) is 0 Å². The van der Waals surface area contributed by atoms with E-state index in [2.05, 4.69) is 22.2 Å². The van der Waals surface area contributed by atoms with Crippen LogP contribution in [0.5, 0.6) is 11.5 Å². The highest BCUT2D eigenvalue weighted by atomic mass is 16.5. The molecular formula is C18H24N4O3. The molecule has 0 atom stereocenters. The third kappa shape index (κ3) is 4.82. The second-order valence-corrected chi connectivity index (χ2v) is 5.56. The molecule has 0 aliphatic rings. The van der Waals surface area contributed by atoms with Gasteiger partial charge in [-0.3, -0.25) is 4.79 Å². The van der Waals surface area contributed by atoms with Crippen LogP contribution in [0.15, 0.2) is 30.6 Å². The van der Waals surface area contributed by atoms with Crippen molar-refractivity contribution in [1.29, 1.82) is 0 Å². The molecule has 25 heavy (non-hydrogen) atoms. The summed E-state index contributed by atoms with van der Waals surface area (Å²) in [4.78, 5) is 22.4. The Morgan fingerprint density at radius 2 is 2.00 bits per heavy atom. The molecule has 0 unspecified atom stereocenters. The van der Waals surface area contributed by atoms with Gasteiger partial charge in [-0.15, -0.1) is 0 Å². The monoisotopic (exact) mass is 344 g/mol. The highest BCUT2D eigenvalue weighted by Crippen LogP contribution is 2.31. The molecule has 2 rings (SSSR count). The molecule has 0 saturated carbocycles. The van der Waals surface area contributed by atoms with Gasteiger partial charge in [-0.2, -0.15) is 0 Å². The lowest BCUT2D eigenvalue weighted by Crippen LogP contribution is -2.28. The number of benzene rings is 1. The quantitative estimate of drug-likeness (QED) is 0.793. The topological polar surface area (TPSA) is 76.6 Å². The van der Waals surface area contributed by atoms with E-state index in [1.165, 1.54) is 6.33 Å². The van der Waals surface area contributed by atoms with E-state index in [0.29, 0.717) is 35.2 Å². The minimum atomic E-state index is -0.128. The van der Waals surface area contributed by atoms with Crippen LogP contribution in [0.2, 0.25) is 0 Å². The van der Waals surface area contributed by atoms with Gasteiger partial charge in [-0.25, -0.2) is 9.97 Å². The summed E-state index contributed by atoms with van der Waals surface area (Å²) >= 11 is 0. The van der Waals surface area contributed by atoms with Crippen LogP contribution in [0.3, 0.4) is 0 Å². The van der Waals surface area contributed by atoms with Crippen molar-refractivity contribution in [3.63, 3.8) is 0 Å². The summed E-state index contributed by atoms with van der Waals surface area (Å²) < 4.78 is 10.6. The van der Waals surface area contributed by atoms with Crippen molar-refractivity contribution in [3.8, 4) is 11.5 Å². The van der Waals surface area contributed by atoms with Gasteiger partial charge in [-0.1, -0.05) is 13.3 Å². The Morgan fingerprint density at radius 3 is 2.68 bits per heavy atom. The van der Waals surface area contributed by atoms with E-state index < -0.39 is 0 Å². The summed E-state index contributed by atoms with van der Waals surface area (Å²) in [7, 11) is 4.96. The summed E-state index contributed by atoms with van der Waals surface area (Å²) in [6.45, 7) is 2.79. The number of anilines is 2. The molecule has 1 aromatic heterocycles. The lowest BCUT2D eigenvalue weighted by Gasteiger charge is -2.16. The van der Waals surface area contributed by atoms with Crippen LogP contribution in [-0.4, -0.2) is 48.6 Å². The molecule has 0 aliphatic heterocycles. The smallest absolute Gasteiger partial charge is 0.272 e. The first-order valence-electron chi connectivity index (χ1n) is 8.15. The van der Waals surface area contributed by atoms with E-state index in [-0.39, 0.29) is 5.91 Å². The predicted octanol–water partition coefficient (Wildman–Crippen LogP) is 3.11. The maximum Gasteiger partial charge on any atom is 0.272 e. The van der Waals surface area contributed by atoms with Gasteiger partial charge in [0.05, 0.1) is 19.9 Å². The summed E-state index contributed by atoms with van der Waals surface area (Å²) in [6, 6.07) is 7.04. The van der Waals surface area contributed by atoms with Crippen LogP contribution in [0, 0.1) is 0 Å². The number of carbonyl (C=O) groups excluding carboxylic acids is 1. The van der Waals surface area contributed by atoms with Crippen molar-refractivity contribution in [2.24, 2.45) is 0 Å². The van der Waals surface area contributed by atoms with Gasteiger partial charge < -0.3 is 19.7 Å². The average molecular weight is 344 g/mol. The van der Waals surface area contributed by atoms with Crippen LogP contribution < -0.4 is 14.8 Å². The minimum Gasteiger partial charge on any atom is -0.497 e. The highest BCUT2D eigenvalue weighted by Gasteiger charge is 2.14. The Hall–Kier alpha value is -2.83. The molecule has 0 spiro atoms. The third-order valence-electron chi connectivity index (χ3n) is 3.75. The first kappa shape index (κ1) is 18.5. The fraction of sp³-hybridized carbons (Fsp3) is 0.389. The fourth-order valence-corrected chi connectivity index (χ4v) is 2.28. The summed E-state index contributed by atoms with van der Waals surface area (Å²) in [6.07, 6.45) is 3.36. The number of aromatic nitrogens is 2. The SMILES string of the molecule is CCCCN(C)C(=O)c1cc(Nc2cc(OC)ccc2OC)ncn1. The summed E-state index contributed by atoms with van der Waals surface area (Å²) in [5.74, 6) is 1.71. The Balaban J connectivity index is 2.20. The first-order valence-corrected chi connectivity index (χ1v) is 8.15. The number of ether oxygens (including phenoxy) is 2. The second-order valence-electron chi connectivity index (χ2n) is 5.56. The first-order chi connectivity index (χ1) is 12.1. The third-order valence-corrected chi connectivity index (χ3v) is 3.75. The van der Waals surface area contributed by atoms with Gasteiger partial charge >= 0.3 is 0 Å². The van der Waals surface area contributed by atoms with Crippen LogP contribution in [0.4, 0.5) is 11.5 Å². The molecular weight excluding hydrogens is 320 g/mol. The molecule has 0 radical (unpaired) electrons. The van der Waals surface area contributed by atoms with Gasteiger partial charge in [0.25, 0.3) is 5.91 Å². The van der Waals surface area contributed by atoms with Crippen LogP contribution in [0.25, 0.3) is 0 Å². The Kier molecular flexibility index (Phi) is 6.56. The van der Waals surface area contributed by atoms with Crippen molar-refractivity contribution in [3.05, 3.63) is 36.3 Å².